The van der Waals surface area contributed by atoms with Gasteiger partial charge < -0.3 is 4.74 Å². The number of hydrogen-bond donors (Lipinski definition) is 1. The van der Waals surface area contributed by atoms with Gasteiger partial charge in [-0.25, -0.2) is 18.4 Å². The van der Waals surface area contributed by atoms with Crippen LogP contribution in [0, 0.1) is 6.92 Å². The fraction of sp³-hybridized carbons (Fsp3) is 0.500. The monoisotopic (exact) mass is 484 g/mol. The van der Waals surface area contributed by atoms with Crippen LogP contribution in [0.15, 0.2) is 28.5 Å². The number of nitrogens with one attached hydrogen (secondary N) is 1. The van der Waals surface area contributed by atoms with E-state index >= 15 is 0 Å². The van der Waals surface area contributed by atoms with Gasteiger partial charge in [0.05, 0.1) is 23.1 Å². The maximum Gasteiger partial charge on any atom is 0.285 e. The molecule has 3 heterocycles. The minimum absolute atomic E-state index is 0.142. The first-order valence-electron chi connectivity index (χ1n) is 10.2. The molecule has 2 aliphatic heterocycles. The molecule has 11 heteroatoms. The molecule has 4 rings (SSSR count). The third-order valence-electron chi connectivity index (χ3n) is 5.61. The number of morpholine rings is 1. The van der Waals surface area contributed by atoms with Gasteiger partial charge in [0.2, 0.25) is 10.0 Å². The van der Waals surface area contributed by atoms with E-state index in [-0.39, 0.29) is 16.7 Å². The van der Waals surface area contributed by atoms with E-state index in [1.165, 1.54) is 21.7 Å². The Morgan fingerprint density at radius 2 is 1.94 bits per heavy atom. The number of nitrogens with zero attached hydrogens (tertiary/aromatic N) is 3. The van der Waals surface area contributed by atoms with Crippen molar-refractivity contribution < 1.29 is 17.9 Å². The predicted octanol–water partition coefficient (Wildman–Crippen LogP) is 2.65. The maximum atomic E-state index is 13.0. The van der Waals surface area contributed by atoms with Gasteiger partial charge in [0.15, 0.2) is 0 Å². The van der Waals surface area contributed by atoms with Gasteiger partial charge in [-0.2, -0.15) is 4.31 Å². The lowest BCUT2D eigenvalue weighted by atomic mass is 9.99. The highest BCUT2D eigenvalue weighted by atomic mass is 35.5. The number of carbonyl (C=O) groups is 1. The Hall–Kier alpha value is -1.56. The van der Waals surface area contributed by atoms with Crippen LogP contribution in [0.25, 0.3) is 0 Å². The highest BCUT2D eigenvalue weighted by Crippen LogP contribution is 2.33. The second-order valence-corrected chi connectivity index (χ2v) is 10.9. The van der Waals surface area contributed by atoms with Crippen molar-refractivity contribution in [3.63, 3.8) is 0 Å². The Bertz CT molecular complexity index is 1050. The van der Waals surface area contributed by atoms with Crippen molar-refractivity contribution in [2.24, 2.45) is 0 Å². The Labute approximate surface area is 191 Å². The molecule has 0 atom stereocenters. The third kappa shape index (κ3) is 5.10. The average Bonchev–Trinajstić information content (AvgIpc) is 3.27. The molecule has 0 spiro atoms. The summed E-state index contributed by atoms with van der Waals surface area (Å²) in [5.41, 5.74) is 4.11. The molecule has 2 aliphatic rings. The summed E-state index contributed by atoms with van der Waals surface area (Å²) in [6.45, 7) is 5.16. The first kappa shape index (κ1) is 22.6. The third-order valence-corrected chi connectivity index (χ3v) is 8.92. The van der Waals surface area contributed by atoms with Crippen molar-refractivity contribution in [1.82, 2.24) is 19.7 Å². The largest absolute Gasteiger partial charge is 0.379 e. The van der Waals surface area contributed by atoms with Gasteiger partial charge >= 0.3 is 0 Å². The van der Waals surface area contributed by atoms with Crippen LogP contribution >= 0.6 is 22.9 Å². The van der Waals surface area contributed by atoms with Crippen molar-refractivity contribution in [1.29, 1.82) is 0 Å². The van der Waals surface area contributed by atoms with Crippen LogP contribution in [-0.2, 0) is 14.8 Å². The molecule has 0 aliphatic carbocycles. The molecule has 168 valence electrons. The zero-order chi connectivity index (χ0) is 22.0. The van der Waals surface area contributed by atoms with Gasteiger partial charge in [-0.1, -0.05) is 17.7 Å². The zero-order valence-corrected chi connectivity index (χ0v) is 19.6. The lowest BCUT2D eigenvalue weighted by Gasteiger charge is -2.30. The summed E-state index contributed by atoms with van der Waals surface area (Å²) in [5.74, 6) is -0.0799. The van der Waals surface area contributed by atoms with Crippen LogP contribution in [0.1, 0.15) is 39.8 Å². The van der Waals surface area contributed by atoms with E-state index in [0.717, 1.165) is 10.6 Å². The van der Waals surface area contributed by atoms with E-state index in [0.29, 0.717) is 63.0 Å². The minimum Gasteiger partial charge on any atom is -0.379 e. The standard InChI is InChI=1S/C20H25ClN4O4S2/c1-14-2-3-16(12-17(14)21)31(27,28)25-6-4-15(5-7-25)20-22-18(13-30-20)19(26)23-24-8-10-29-11-9-24/h2-3,12-13,15H,4-11H2,1H3,(H,23,26). The molecule has 0 bridgehead atoms. The highest BCUT2D eigenvalue weighted by Gasteiger charge is 2.31. The van der Waals surface area contributed by atoms with E-state index in [9.17, 15) is 13.2 Å². The van der Waals surface area contributed by atoms with Crippen molar-refractivity contribution in [2.75, 3.05) is 39.4 Å². The van der Waals surface area contributed by atoms with E-state index < -0.39 is 10.0 Å². The number of sulfonamides is 1. The summed E-state index contributed by atoms with van der Waals surface area (Å²) >= 11 is 7.57. The number of amides is 1. The first-order chi connectivity index (χ1) is 14.8. The van der Waals surface area contributed by atoms with Crippen LogP contribution in [0.4, 0.5) is 0 Å². The summed E-state index contributed by atoms with van der Waals surface area (Å²) in [5, 5.41) is 4.93. The number of hydrogen-bond acceptors (Lipinski definition) is 7. The van der Waals surface area contributed by atoms with E-state index in [4.69, 9.17) is 16.3 Å². The number of rotatable bonds is 5. The first-order valence-corrected chi connectivity index (χ1v) is 12.9. The van der Waals surface area contributed by atoms with Gasteiger partial charge in [-0.15, -0.1) is 11.3 Å². The summed E-state index contributed by atoms with van der Waals surface area (Å²) in [6, 6.07) is 4.84. The van der Waals surface area contributed by atoms with Crippen molar-refractivity contribution in [3.8, 4) is 0 Å². The molecule has 2 saturated heterocycles. The maximum absolute atomic E-state index is 13.0. The molecule has 0 unspecified atom stereocenters. The molecule has 1 aromatic carbocycles. The fourth-order valence-corrected chi connectivity index (χ4v) is 6.39. The van der Waals surface area contributed by atoms with Crippen molar-refractivity contribution in [2.45, 2.75) is 30.6 Å². The second kappa shape index (κ2) is 9.51. The van der Waals surface area contributed by atoms with Gasteiger partial charge in [-0.05, 0) is 37.5 Å². The molecular formula is C20H25ClN4O4S2. The number of carbonyl (C=O) groups excluding carboxylic acids is 1. The van der Waals surface area contributed by atoms with Crippen LogP contribution in [0.2, 0.25) is 5.02 Å². The van der Waals surface area contributed by atoms with E-state index in [2.05, 4.69) is 10.4 Å². The molecule has 31 heavy (non-hydrogen) atoms. The summed E-state index contributed by atoms with van der Waals surface area (Å²) in [4.78, 5) is 17.2. The average molecular weight is 485 g/mol. The molecule has 1 amide bonds. The molecule has 2 fully saturated rings. The highest BCUT2D eigenvalue weighted by molar-refractivity contribution is 7.89. The number of aryl methyl sites for hydroxylation is 1. The van der Waals surface area contributed by atoms with Gasteiger partial charge in [0.1, 0.15) is 5.69 Å². The molecule has 1 aromatic heterocycles. The molecule has 0 radical (unpaired) electrons. The lowest BCUT2D eigenvalue weighted by molar-refractivity contribution is 0.0125. The SMILES string of the molecule is Cc1ccc(S(=O)(=O)N2CCC(c3nc(C(=O)NN4CCOCC4)cs3)CC2)cc1Cl. The number of aromatic nitrogens is 1. The van der Waals surface area contributed by atoms with Crippen LogP contribution in [0.3, 0.4) is 0 Å². The number of thiazole rings is 1. The van der Waals surface area contributed by atoms with Crippen LogP contribution in [-0.4, -0.2) is 68.0 Å². The Balaban J connectivity index is 1.36. The molecular weight excluding hydrogens is 460 g/mol. The molecule has 1 N–H and O–H groups in total. The van der Waals surface area contributed by atoms with Gasteiger partial charge in [0.25, 0.3) is 5.91 Å². The topological polar surface area (TPSA) is 91.8 Å². The quantitative estimate of drug-likeness (QED) is 0.701. The Kier molecular flexibility index (Phi) is 6.95. The van der Waals surface area contributed by atoms with Crippen LogP contribution in [0.5, 0.6) is 0 Å². The normalized spacial score (nSPS) is 19.4. The van der Waals surface area contributed by atoms with Gasteiger partial charge in [-0.3, -0.25) is 10.2 Å². The number of benzene rings is 1. The number of piperidine rings is 1. The second-order valence-electron chi connectivity index (χ2n) is 7.70. The van der Waals surface area contributed by atoms with Gasteiger partial charge in [0, 0.05) is 42.5 Å². The smallest absolute Gasteiger partial charge is 0.285 e. The lowest BCUT2D eigenvalue weighted by Crippen LogP contribution is -2.48. The minimum atomic E-state index is -3.58. The number of hydrazine groups is 1. The Morgan fingerprint density at radius 3 is 2.61 bits per heavy atom. The predicted molar refractivity (Wildman–Crippen MR) is 119 cm³/mol. The van der Waals surface area contributed by atoms with E-state index in [1.807, 2.05) is 11.9 Å². The Morgan fingerprint density at radius 1 is 1.23 bits per heavy atom. The summed E-state index contributed by atoms with van der Waals surface area (Å²) < 4.78 is 32.7. The van der Waals surface area contributed by atoms with Crippen molar-refractivity contribution in [3.05, 3.63) is 44.9 Å². The molecule has 0 saturated carbocycles. The summed E-state index contributed by atoms with van der Waals surface area (Å²) in [7, 11) is -3.58. The zero-order valence-electron chi connectivity index (χ0n) is 17.2. The fourth-order valence-electron chi connectivity index (χ4n) is 3.68. The summed E-state index contributed by atoms with van der Waals surface area (Å²) in [6.07, 6.45) is 1.33. The number of ether oxygens (including phenoxy) is 1. The van der Waals surface area contributed by atoms with E-state index in [1.54, 1.807) is 17.5 Å². The molecule has 8 nitrogen and oxygen atoms in total. The van der Waals surface area contributed by atoms with Crippen molar-refractivity contribution >= 4 is 38.9 Å². The van der Waals surface area contributed by atoms with Crippen LogP contribution < -0.4 is 5.43 Å². The molecule has 2 aromatic rings. The number of halogens is 1.